The van der Waals surface area contributed by atoms with Gasteiger partial charge in [-0.1, -0.05) is 5.16 Å². The summed E-state index contributed by atoms with van der Waals surface area (Å²) >= 11 is 0. The van der Waals surface area contributed by atoms with E-state index in [-0.39, 0.29) is 18.7 Å². The lowest BCUT2D eigenvalue weighted by Crippen LogP contribution is -2.41. The van der Waals surface area contributed by atoms with E-state index in [4.69, 9.17) is 9.26 Å². The van der Waals surface area contributed by atoms with E-state index in [0.717, 1.165) is 24.6 Å². The predicted molar refractivity (Wildman–Crippen MR) is 73.0 cm³/mol. The third kappa shape index (κ3) is 3.21. The molecule has 0 bridgehead atoms. The summed E-state index contributed by atoms with van der Waals surface area (Å²) in [6.45, 7) is -0.0488. The van der Waals surface area contributed by atoms with Gasteiger partial charge in [-0.25, -0.2) is 13.2 Å². The molecule has 1 saturated heterocycles. The second kappa shape index (κ2) is 6.64. The molecule has 10 nitrogen and oxygen atoms in total. The van der Waals surface area contributed by atoms with Gasteiger partial charge >= 0.3 is 11.9 Å². The van der Waals surface area contributed by atoms with Crippen molar-refractivity contribution >= 4 is 22.0 Å². The smallest absolute Gasteiger partial charge is 0.360 e. The Balaban J connectivity index is 2.35. The van der Waals surface area contributed by atoms with Gasteiger partial charge in [0.05, 0.1) is 20.3 Å². The minimum Gasteiger partial charge on any atom is -0.468 e. The Morgan fingerprint density at radius 1 is 1.30 bits per heavy atom. The van der Waals surface area contributed by atoms with Crippen molar-refractivity contribution in [3.05, 3.63) is 11.8 Å². The topological polar surface area (TPSA) is 125 Å². The highest BCUT2D eigenvalue weighted by molar-refractivity contribution is 7.89. The minimum absolute atomic E-state index is 0.0488. The summed E-state index contributed by atoms with van der Waals surface area (Å²) in [5, 5.41) is 2.78. The largest absolute Gasteiger partial charge is 0.468 e. The third-order valence-corrected chi connectivity index (χ3v) is 5.19. The van der Waals surface area contributed by atoms with Gasteiger partial charge in [0, 0.05) is 26.1 Å². The molecule has 0 aliphatic carbocycles. The molecule has 128 valence electrons. The summed E-state index contributed by atoms with van der Waals surface area (Å²) in [6.07, 6.45) is -0.308. The zero-order valence-electron chi connectivity index (χ0n) is 12.7. The van der Waals surface area contributed by atoms with Gasteiger partial charge in [0.2, 0.25) is 0 Å². The van der Waals surface area contributed by atoms with Gasteiger partial charge in [0.15, 0.2) is 5.69 Å². The molecule has 11 heteroatoms. The summed E-state index contributed by atoms with van der Waals surface area (Å²) < 4.78 is 45.1. The van der Waals surface area contributed by atoms with Gasteiger partial charge in [-0.2, -0.15) is 4.31 Å². The first kappa shape index (κ1) is 17.4. The van der Waals surface area contributed by atoms with Gasteiger partial charge < -0.3 is 18.7 Å². The number of methoxy groups -OCH3 is 3. The average Bonchev–Trinajstić information content (AvgIpc) is 3.20. The highest BCUT2D eigenvalue weighted by atomic mass is 32.2. The SMILES string of the molecule is COC(=O)c1cc(S(=O)(=O)N2C[C@H](OC)C[C@@H]2C(=O)OC)on1. The molecular formula is C12H16N2O8S. The minimum atomic E-state index is -4.19. The number of rotatable bonds is 5. The van der Waals surface area contributed by atoms with Crippen LogP contribution in [0.25, 0.3) is 0 Å². The molecular weight excluding hydrogens is 332 g/mol. The number of nitrogens with zero attached hydrogens (tertiary/aromatic N) is 2. The third-order valence-electron chi connectivity index (χ3n) is 3.47. The van der Waals surface area contributed by atoms with Gasteiger partial charge in [-0.3, -0.25) is 4.79 Å². The first-order valence-electron chi connectivity index (χ1n) is 6.52. The van der Waals surface area contributed by atoms with E-state index < -0.39 is 39.2 Å². The number of carbonyl (C=O) groups is 2. The maximum atomic E-state index is 12.6. The summed E-state index contributed by atoms with van der Waals surface area (Å²) in [5.41, 5.74) is -0.289. The number of hydrogen-bond acceptors (Lipinski definition) is 9. The van der Waals surface area contributed by atoms with Gasteiger partial charge in [-0.15, -0.1) is 0 Å². The average molecular weight is 348 g/mol. The number of ether oxygens (including phenoxy) is 3. The molecule has 1 aliphatic heterocycles. The quantitative estimate of drug-likeness (QED) is 0.642. The van der Waals surface area contributed by atoms with Crippen LogP contribution in [-0.4, -0.2) is 69.8 Å². The van der Waals surface area contributed by atoms with Crippen molar-refractivity contribution in [2.24, 2.45) is 0 Å². The Labute approximate surface area is 132 Å². The van der Waals surface area contributed by atoms with Crippen LogP contribution in [0.5, 0.6) is 0 Å². The Morgan fingerprint density at radius 2 is 2.00 bits per heavy atom. The molecule has 0 N–H and O–H groups in total. The van der Waals surface area contributed by atoms with Crippen molar-refractivity contribution < 1.29 is 36.7 Å². The van der Waals surface area contributed by atoms with Crippen molar-refractivity contribution in [3.63, 3.8) is 0 Å². The molecule has 2 rings (SSSR count). The molecule has 0 saturated carbocycles. The highest BCUT2D eigenvalue weighted by Gasteiger charge is 2.46. The summed E-state index contributed by atoms with van der Waals surface area (Å²) in [5.74, 6) is -1.54. The van der Waals surface area contributed by atoms with Crippen LogP contribution >= 0.6 is 0 Å². The number of esters is 2. The van der Waals surface area contributed by atoms with Crippen LogP contribution < -0.4 is 0 Å². The summed E-state index contributed by atoms with van der Waals surface area (Å²) in [4.78, 5) is 23.2. The molecule has 23 heavy (non-hydrogen) atoms. The molecule has 1 aliphatic rings. The fourth-order valence-corrected chi connectivity index (χ4v) is 3.74. The van der Waals surface area contributed by atoms with Crippen LogP contribution in [0, 0.1) is 0 Å². The van der Waals surface area contributed by atoms with E-state index in [9.17, 15) is 18.0 Å². The van der Waals surface area contributed by atoms with Crippen molar-refractivity contribution in [3.8, 4) is 0 Å². The zero-order chi connectivity index (χ0) is 17.2. The van der Waals surface area contributed by atoms with E-state index in [1.165, 1.54) is 7.11 Å². The van der Waals surface area contributed by atoms with E-state index in [1.807, 2.05) is 0 Å². The summed E-state index contributed by atoms with van der Waals surface area (Å²) in [7, 11) is -0.485. The second-order valence-corrected chi connectivity index (χ2v) is 6.55. The molecule has 0 unspecified atom stereocenters. The normalized spacial score (nSPS) is 22.0. The molecule has 0 aromatic carbocycles. The Morgan fingerprint density at radius 3 is 2.57 bits per heavy atom. The molecule has 0 radical (unpaired) electrons. The lowest BCUT2D eigenvalue weighted by molar-refractivity contribution is -0.144. The van der Waals surface area contributed by atoms with Crippen molar-refractivity contribution in [2.45, 2.75) is 23.7 Å². The fraction of sp³-hybridized carbons (Fsp3) is 0.583. The van der Waals surface area contributed by atoms with Crippen LogP contribution in [0.4, 0.5) is 0 Å². The summed E-state index contributed by atoms with van der Waals surface area (Å²) in [6, 6.07) is -0.100. The molecule has 0 amide bonds. The Kier molecular flexibility index (Phi) is 5.02. The monoisotopic (exact) mass is 348 g/mol. The van der Waals surface area contributed by atoms with Gasteiger partial charge in [-0.05, 0) is 0 Å². The number of carbonyl (C=O) groups excluding carboxylic acids is 2. The molecule has 1 fully saturated rings. The Hall–Kier alpha value is -1.98. The number of aromatic nitrogens is 1. The van der Waals surface area contributed by atoms with Gasteiger partial charge in [0.1, 0.15) is 6.04 Å². The number of hydrogen-bond donors (Lipinski definition) is 0. The van der Waals surface area contributed by atoms with E-state index >= 15 is 0 Å². The van der Waals surface area contributed by atoms with Gasteiger partial charge in [0.25, 0.3) is 15.1 Å². The van der Waals surface area contributed by atoms with Crippen molar-refractivity contribution in [1.29, 1.82) is 0 Å². The van der Waals surface area contributed by atoms with Crippen LogP contribution in [0.1, 0.15) is 16.9 Å². The van der Waals surface area contributed by atoms with Crippen LogP contribution in [0.2, 0.25) is 0 Å². The van der Waals surface area contributed by atoms with Crippen molar-refractivity contribution in [1.82, 2.24) is 9.46 Å². The van der Waals surface area contributed by atoms with E-state index in [2.05, 4.69) is 14.6 Å². The lowest BCUT2D eigenvalue weighted by Gasteiger charge is -2.19. The first-order chi connectivity index (χ1) is 10.8. The van der Waals surface area contributed by atoms with Crippen molar-refractivity contribution in [2.75, 3.05) is 27.9 Å². The first-order valence-corrected chi connectivity index (χ1v) is 7.96. The maximum Gasteiger partial charge on any atom is 0.360 e. The maximum absolute atomic E-state index is 12.6. The molecule has 2 atom stereocenters. The van der Waals surface area contributed by atoms with Crippen LogP contribution in [0.3, 0.4) is 0 Å². The predicted octanol–water partition coefficient (Wildman–Crippen LogP) is -0.588. The van der Waals surface area contributed by atoms with E-state index in [1.54, 1.807) is 0 Å². The van der Waals surface area contributed by atoms with Crippen LogP contribution in [-0.2, 0) is 29.0 Å². The standard InChI is InChI=1S/C12H16N2O8S/c1-19-7-4-9(12(16)21-3)14(6-7)23(17,18)10-5-8(13-22-10)11(15)20-2/h5,7,9H,4,6H2,1-3H3/t7-,9-/m1/s1. The van der Waals surface area contributed by atoms with Crippen LogP contribution in [0.15, 0.2) is 15.7 Å². The highest BCUT2D eigenvalue weighted by Crippen LogP contribution is 2.28. The van der Waals surface area contributed by atoms with E-state index in [0.29, 0.717) is 0 Å². The Bertz CT molecular complexity index is 698. The molecule has 1 aromatic rings. The molecule has 2 heterocycles. The lowest BCUT2D eigenvalue weighted by atomic mass is 10.2. The fourth-order valence-electron chi connectivity index (χ4n) is 2.25. The zero-order valence-corrected chi connectivity index (χ0v) is 13.5. The molecule has 0 spiro atoms. The molecule has 1 aromatic heterocycles. The second-order valence-electron chi connectivity index (χ2n) is 4.73. The number of sulfonamides is 1.